The molecule has 1 amide bonds. The van der Waals surface area contributed by atoms with Crippen LogP contribution in [0.25, 0.3) is 0 Å². The highest BCUT2D eigenvalue weighted by Gasteiger charge is 2.29. The first kappa shape index (κ1) is 21.9. The van der Waals surface area contributed by atoms with E-state index in [2.05, 4.69) is 26.1 Å². The van der Waals surface area contributed by atoms with Gasteiger partial charge in [0.1, 0.15) is 0 Å². The average molecular weight is 396 g/mol. The first-order valence-corrected chi connectivity index (χ1v) is 11.1. The molecule has 0 radical (unpaired) electrons. The molecule has 6 nitrogen and oxygen atoms in total. The maximum atomic E-state index is 12.9. The Hall–Kier alpha value is -1.44. The number of benzene rings is 1. The van der Waals surface area contributed by atoms with Crippen molar-refractivity contribution in [2.75, 3.05) is 32.7 Å². The molecule has 1 atom stereocenters. The predicted molar refractivity (Wildman–Crippen MR) is 108 cm³/mol. The third-order valence-corrected chi connectivity index (χ3v) is 6.99. The fraction of sp³-hybridized carbons (Fsp3) is 0.650. The number of piperazine rings is 1. The van der Waals surface area contributed by atoms with Crippen LogP contribution < -0.4 is 5.32 Å². The highest BCUT2D eigenvalue weighted by molar-refractivity contribution is 7.89. The molecule has 1 aromatic carbocycles. The molecule has 0 aliphatic carbocycles. The lowest BCUT2D eigenvalue weighted by Gasteiger charge is -2.33. The number of nitrogens with zero attached hydrogens (tertiary/aromatic N) is 2. The summed E-state index contributed by atoms with van der Waals surface area (Å²) < 4.78 is 27.3. The van der Waals surface area contributed by atoms with E-state index >= 15 is 0 Å². The number of nitrogens with one attached hydrogen (secondary N) is 1. The smallest absolute Gasteiger partial charge is 0.243 e. The van der Waals surface area contributed by atoms with Gasteiger partial charge in [-0.25, -0.2) is 8.42 Å². The fourth-order valence-corrected chi connectivity index (χ4v) is 4.45. The van der Waals surface area contributed by atoms with E-state index in [0.717, 1.165) is 12.0 Å². The molecule has 2 rings (SSSR count). The maximum absolute atomic E-state index is 12.9. The molecule has 152 valence electrons. The number of hydrogen-bond donors (Lipinski definition) is 1. The van der Waals surface area contributed by atoms with Crippen molar-refractivity contribution in [1.82, 2.24) is 14.5 Å². The van der Waals surface area contributed by atoms with Gasteiger partial charge in [0.2, 0.25) is 15.9 Å². The molecule has 0 unspecified atom stereocenters. The first-order valence-electron chi connectivity index (χ1n) is 9.66. The van der Waals surface area contributed by atoms with Crippen LogP contribution in [-0.2, 0) is 20.2 Å². The van der Waals surface area contributed by atoms with Crippen LogP contribution >= 0.6 is 0 Å². The lowest BCUT2D eigenvalue weighted by atomic mass is 9.87. The molecule has 0 bridgehead atoms. The van der Waals surface area contributed by atoms with E-state index in [9.17, 15) is 13.2 Å². The molecule has 0 saturated carbocycles. The summed E-state index contributed by atoms with van der Waals surface area (Å²) in [5.74, 6) is -0.00146. The van der Waals surface area contributed by atoms with E-state index in [1.807, 2.05) is 30.9 Å². The van der Waals surface area contributed by atoms with Gasteiger partial charge < -0.3 is 5.32 Å². The molecule has 0 aromatic heterocycles. The van der Waals surface area contributed by atoms with Crippen molar-refractivity contribution < 1.29 is 13.2 Å². The standard InChI is InChI=1S/C20H33N3O3S/c1-6-16(2)21-19(24)15-22-11-13-23(14-12-22)27(25,26)18-9-7-17(8-10-18)20(3,4)5/h7-10,16H,6,11-15H2,1-5H3,(H,21,24)/t16-/m1/s1. The van der Waals surface area contributed by atoms with E-state index in [4.69, 9.17) is 0 Å². The maximum Gasteiger partial charge on any atom is 0.243 e. The molecule has 1 saturated heterocycles. The van der Waals surface area contributed by atoms with Gasteiger partial charge in [0.25, 0.3) is 0 Å². The summed E-state index contributed by atoms with van der Waals surface area (Å²) in [5.41, 5.74) is 1.10. The van der Waals surface area contributed by atoms with Gasteiger partial charge in [-0.2, -0.15) is 4.31 Å². The molecule has 1 aliphatic rings. The Bertz CT molecular complexity index is 731. The molecule has 1 N–H and O–H groups in total. The topological polar surface area (TPSA) is 69.7 Å². The van der Waals surface area contributed by atoms with E-state index < -0.39 is 10.0 Å². The Morgan fingerprint density at radius 3 is 2.15 bits per heavy atom. The quantitative estimate of drug-likeness (QED) is 0.802. The van der Waals surface area contributed by atoms with Gasteiger partial charge in [-0.15, -0.1) is 0 Å². The lowest BCUT2D eigenvalue weighted by molar-refractivity contribution is -0.123. The van der Waals surface area contributed by atoms with Gasteiger partial charge in [0.15, 0.2) is 0 Å². The van der Waals surface area contributed by atoms with Crippen molar-refractivity contribution in [1.29, 1.82) is 0 Å². The normalized spacial score (nSPS) is 18.3. The summed E-state index contributed by atoms with van der Waals surface area (Å²) in [7, 11) is -3.49. The van der Waals surface area contributed by atoms with Crippen molar-refractivity contribution >= 4 is 15.9 Å². The van der Waals surface area contributed by atoms with Gasteiger partial charge in [-0.1, -0.05) is 39.8 Å². The van der Waals surface area contributed by atoms with Crippen molar-refractivity contribution in [3.05, 3.63) is 29.8 Å². The number of rotatable bonds is 6. The monoisotopic (exact) mass is 395 g/mol. The molecule has 1 heterocycles. The Labute approximate surface area is 164 Å². The summed E-state index contributed by atoms with van der Waals surface area (Å²) in [6, 6.07) is 7.34. The van der Waals surface area contributed by atoms with Crippen LogP contribution in [0.4, 0.5) is 0 Å². The third-order valence-electron chi connectivity index (χ3n) is 5.08. The largest absolute Gasteiger partial charge is 0.353 e. The average Bonchev–Trinajstić information content (AvgIpc) is 2.61. The van der Waals surface area contributed by atoms with Crippen molar-refractivity contribution in [3.63, 3.8) is 0 Å². The zero-order valence-electron chi connectivity index (χ0n) is 17.2. The van der Waals surface area contributed by atoms with Crippen LogP contribution in [0.5, 0.6) is 0 Å². The minimum absolute atomic E-state index is 0.00146. The molecule has 27 heavy (non-hydrogen) atoms. The van der Waals surface area contributed by atoms with Gasteiger partial charge in [0.05, 0.1) is 11.4 Å². The predicted octanol–water partition coefficient (Wildman–Crippen LogP) is 2.21. The molecule has 7 heteroatoms. The summed E-state index contributed by atoms with van der Waals surface area (Å²) >= 11 is 0. The molecular weight excluding hydrogens is 362 g/mol. The van der Waals surface area contributed by atoms with E-state index in [1.54, 1.807) is 12.1 Å². The lowest BCUT2D eigenvalue weighted by Crippen LogP contribution is -2.51. The van der Waals surface area contributed by atoms with Gasteiger partial charge in [0, 0.05) is 32.2 Å². The number of carbonyl (C=O) groups excluding carboxylic acids is 1. The number of hydrogen-bond acceptors (Lipinski definition) is 4. The van der Waals surface area contributed by atoms with E-state index in [-0.39, 0.29) is 17.4 Å². The zero-order chi connectivity index (χ0) is 20.2. The molecule has 1 aliphatic heterocycles. The highest BCUT2D eigenvalue weighted by atomic mass is 32.2. The summed E-state index contributed by atoms with van der Waals surface area (Å²) in [6.45, 7) is 12.6. The summed E-state index contributed by atoms with van der Waals surface area (Å²) in [6.07, 6.45) is 0.895. The zero-order valence-corrected chi connectivity index (χ0v) is 18.0. The van der Waals surface area contributed by atoms with Crippen LogP contribution in [0.3, 0.4) is 0 Å². The van der Waals surface area contributed by atoms with Crippen LogP contribution in [0, 0.1) is 0 Å². The van der Waals surface area contributed by atoms with Gasteiger partial charge in [-0.05, 0) is 36.5 Å². The van der Waals surface area contributed by atoms with Crippen molar-refractivity contribution in [3.8, 4) is 0 Å². The Balaban J connectivity index is 1.95. The molecular formula is C20H33N3O3S. The minimum Gasteiger partial charge on any atom is -0.353 e. The highest BCUT2D eigenvalue weighted by Crippen LogP contribution is 2.25. The van der Waals surface area contributed by atoms with Crippen molar-refractivity contribution in [2.24, 2.45) is 0 Å². The second kappa shape index (κ2) is 8.71. The molecule has 1 fully saturated rings. The van der Waals surface area contributed by atoms with Crippen LogP contribution in [0.1, 0.15) is 46.6 Å². The Morgan fingerprint density at radius 2 is 1.67 bits per heavy atom. The van der Waals surface area contributed by atoms with Crippen LogP contribution in [-0.4, -0.2) is 62.3 Å². The second-order valence-electron chi connectivity index (χ2n) is 8.33. The Morgan fingerprint density at radius 1 is 1.11 bits per heavy atom. The first-order chi connectivity index (χ1) is 12.5. The summed E-state index contributed by atoms with van der Waals surface area (Å²) in [4.78, 5) is 14.3. The summed E-state index contributed by atoms with van der Waals surface area (Å²) in [5, 5.41) is 2.95. The third kappa shape index (κ3) is 5.77. The number of carbonyl (C=O) groups is 1. The molecule has 1 aromatic rings. The van der Waals surface area contributed by atoms with Crippen LogP contribution in [0.15, 0.2) is 29.2 Å². The van der Waals surface area contributed by atoms with E-state index in [0.29, 0.717) is 37.6 Å². The van der Waals surface area contributed by atoms with Crippen molar-refractivity contribution in [2.45, 2.75) is 57.4 Å². The SMILES string of the molecule is CC[C@@H](C)NC(=O)CN1CCN(S(=O)(=O)c2ccc(C(C)(C)C)cc2)CC1. The minimum atomic E-state index is -3.49. The fourth-order valence-electron chi connectivity index (χ4n) is 3.03. The number of sulfonamides is 1. The van der Waals surface area contributed by atoms with E-state index in [1.165, 1.54) is 4.31 Å². The number of amides is 1. The second-order valence-corrected chi connectivity index (χ2v) is 10.3. The van der Waals surface area contributed by atoms with Gasteiger partial charge >= 0.3 is 0 Å². The van der Waals surface area contributed by atoms with Crippen LogP contribution in [0.2, 0.25) is 0 Å². The Kier molecular flexibility index (Phi) is 7.05. The van der Waals surface area contributed by atoms with Gasteiger partial charge in [-0.3, -0.25) is 9.69 Å². The molecule has 0 spiro atoms.